The summed E-state index contributed by atoms with van der Waals surface area (Å²) in [6.07, 6.45) is 5.41. The molecule has 0 aromatic heterocycles. The quantitative estimate of drug-likeness (QED) is 0.531. The van der Waals surface area contributed by atoms with Crippen LogP contribution in [-0.2, 0) is 0 Å². The number of rotatable bonds is 2. The van der Waals surface area contributed by atoms with Gasteiger partial charge in [0, 0.05) is 0 Å². The van der Waals surface area contributed by atoms with Gasteiger partial charge in [-0.05, 0) is 18.1 Å². The molecular formula is C17H28. The Labute approximate surface area is 108 Å². The molecule has 0 fully saturated rings. The zero-order valence-electron chi connectivity index (χ0n) is 12.2. The van der Waals surface area contributed by atoms with E-state index in [1.807, 2.05) is 71.0 Å². The number of hydrogen-bond donors (Lipinski definition) is 0. The predicted octanol–water partition coefficient (Wildman–Crippen LogP) is 6.22. The third-order valence-electron chi connectivity index (χ3n) is 1.44. The van der Waals surface area contributed by atoms with Crippen LogP contribution in [0.1, 0.15) is 45.7 Å². The molecule has 17 heavy (non-hydrogen) atoms. The summed E-state index contributed by atoms with van der Waals surface area (Å²) in [5, 5.41) is 0. The van der Waals surface area contributed by atoms with Crippen molar-refractivity contribution in [3.05, 3.63) is 61.2 Å². The second kappa shape index (κ2) is 19.9. The summed E-state index contributed by atoms with van der Waals surface area (Å²) in [5.41, 5.74) is 2.27. The smallest absolute Gasteiger partial charge is 0.0190 e. The second-order valence-electron chi connectivity index (χ2n) is 2.45. The molecule has 0 saturated heterocycles. The fourth-order valence-electron chi connectivity index (χ4n) is 0.883. The van der Waals surface area contributed by atoms with Crippen molar-refractivity contribution >= 4 is 12.2 Å². The Bertz CT molecular complexity index is 255. The molecule has 0 radical (unpaired) electrons. The van der Waals surface area contributed by atoms with Gasteiger partial charge in [0.1, 0.15) is 0 Å². The number of benzene rings is 1. The van der Waals surface area contributed by atoms with Crippen LogP contribution in [0.4, 0.5) is 0 Å². The van der Waals surface area contributed by atoms with Gasteiger partial charge in [0.15, 0.2) is 0 Å². The van der Waals surface area contributed by atoms with Crippen molar-refractivity contribution in [2.45, 2.75) is 34.6 Å². The molecule has 96 valence electrons. The molecule has 1 aromatic carbocycles. The molecule has 0 unspecified atom stereocenters. The van der Waals surface area contributed by atoms with Crippen molar-refractivity contribution in [2.24, 2.45) is 0 Å². The molecule has 1 rings (SSSR count). The van der Waals surface area contributed by atoms with E-state index in [-0.39, 0.29) is 0 Å². The number of hydrogen-bond acceptors (Lipinski definition) is 0. The van der Waals surface area contributed by atoms with E-state index < -0.39 is 0 Å². The first-order valence-electron chi connectivity index (χ1n) is 6.21. The highest BCUT2D eigenvalue weighted by Gasteiger charge is 1.89. The van der Waals surface area contributed by atoms with Crippen molar-refractivity contribution < 1.29 is 0 Å². The van der Waals surface area contributed by atoms with Gasteiger partial charge in [-0.1, -0.05) is 83.3 Å². The topological polar surface area (TPSA) is 0 Å². The maximum Gasteiger partial charge on any atom is -0.0190 e. The van der Waals surface area contributed by atoms with Crippen LogP contribution in [0.5, 0.6) is 0 Å². The molecule has 0 aliphatic rings. The molecule has 0 atom stereocenters. The van der Waals surface area contributed by atoms with Crippen LogP contribution in [0.25, 0.3) is 12.2 Å². The van der Waals surface area contributed by atoms with E-state index in [2.05, 4.69) is 19.7 Å². The summed E-state index contributed by atoms with van der Waals surface area (Å²) >= 11 is 0. The van der Waals surface area contributed by atoms with E-state index in [4.69, 9.17) is 0 Å². The molecule has 0 nitrogen and oxygen atoms in total. The molecule has 0 N–H and O–H groups in total. The zero-order valence-corrected chi connectivity index (χ0v) is 12.2. The van der Waals surface area contributed by atoms with Gasteiger partial charge in [-0.25, -0.2) is 0 Å². The van der Waals surface area contributed by atoms with Crippen LogP contribution in [0, 0.1) is 0 Å². The normalized spacial score (nSPS) is 6.65. The number of allylic oxidation sites excluding steroid dienone is 1. The summed E-state index contributed by atoms with van der Waals surface area (Å²) in [7, 11) is 0. The summed E-state index contributed by atoms with van der Waals surface area (Å²) in [4.78, 5) is 0. The SMILES string of the molecule is C=CC.C=Cc1ccccc1C=C.CC.CC. The van der Waals surface area contributed by atoms with Crippen LogP contribution in [0.3, 0.4) is 0 Å². The van der Waals surface area contributed by atoms with Crippen molar-refractivity contribution in [2.75, 3.05) is 0 Å². The highest BCUT2D eigenvalue weighted by molar-refractivity contribution is 5.63. The van der Waals surface area contributed by atoms with Gasteiger partial charge >= 0.3 is 0 Å². The molecule has 0 spiro atoms. The van der Waals surface area contributed by atoms with Gasteiger partial charge in [-0.3, -0.25) is 0 Å². The van der Waals surface area contributed by atoms with Crippen LogP contribution in [0.15, 0.2) is 50.1 Å². The molecule has 1 aromatic rings. The molecule has 0 heterocycles. The Kier molecular flexibility index (Phi) is 24.4. The fourth-order valence-corrected chi connectivity index (χ4v) is 0.883. The Morgan fingerprint density at radius 3 is 1.18 bits per heavy atom. The molecule has 0 amide bonds. The molecule has 0 aliphatic carbocycles. The van der Waals surface area contributed by atoms with Gasteiger partial charge < -0.3 is 0 Å². The monoisotopic (exact) mass is 232 g/mol. The van der Waals surface area contributed by atoms with Gasteiger partial charge in [0.2, 0.25) is 0 Å². The van der Waals surface area contributed by atoms with Crippen LogP contribution in [-0.4, -0.2) is 0 Å². The van der Waals surface area contributed by atoms with Crippen molar-refractivity contribution in [3.63, 3.8) is 0 Å². The first-order chi connectivity index (χ1) is 8.29. The third-order valence-corrected chi connectivity index (χ3v) is 1.44. The summed E-state index contributed by atoms with van der Waals surface area (Å²) in [6.45, 7) is 20.6. The molecule has 0 aliphatic heterocycles. The molecule has 0 heteroatoms. The zero-order chi connectivity index (χ0) is 14.1. The minimum Gasteiger partial charge on any atom is -0.103 e. The van der Waals surface area contributed by atoms with Crippen LogP contribution >= 0.6 is 0 Å². The first-order valence-corrected chi connectivity index (χ1v) is 6.21. The van der Waals surface area contributed by atoms with Crippen molar-refractivity contribution in [1.29, 1.82) is 0 Å². The molecule has 0 bridgehead atoms. The predicted molar refractivity (Wildman–Crippen MR) is 85.2 cm³/mol. The third kappa shape index (κ3) is 12.4. The van der Waals surface area contributed by atoms with Crippen molar-refractivity contribution in [1.82, 2.24) is 0 Å². The Morgan fingerprint density at radius 1 is 0.765 bits per heavy atom. The Morgan fingerprint density at radius 2 is 1.00 bits per heavy atom. The van der Waals surface area contributed by atoms with E-state index in [0.717, 1.165) is 11.1 Å². The van der Waals surface area contributed by atoms with E-state index in [9.17, 15) is 0 Å². The Hall–Kier alpha value is -1.56. The van der Waals surface area contributed by atoms with Gasteiger partial charge in [0.25, 0.3) is 0 Å². The highest BCUT2D eigenvalue weighted by atomic mass is 13.9. The minimum atomic E-state index is 1.14. The van der Waals surface area contributed by atoms with Crippen molar-refractivity contribution in [3.8, 4) is 0 Å². The second-order valence-corrected chi connectivity index (χ2v) is 2.45. The lowest BCUT2D eigenvalue weighted by atomic mass is 10.1. The van der Waals surface area contributed by atoms with Gasteiger partial charge in [-0.2, -0.15) is 0 Å². The van der Waals surface area contributed by atoms with E-state index in [0.29, 0.717) is 0 Å². The fraction of sp³-hybridized carbons (Fsp3) is 0.294. The standard InChI is InChI=1S/C10H10.C3H6.2C2H6/c1-3-9-7-5-6-8-10(9)4-2;1-3-2;2*1-2/h3-8H,1-2H2;3H,1H2,2H3;2*1-2H3. The first kappa shape index (κ1) is 20.8. The summed E-state index contributed by atoms with van der Waals surface area (Å²) in [6, 6.07) is 8.02. The molecular weight excluding hydrogens is 204 g/mol. The van der Waals surface area contributed by atoms with Crippen LogP contribution in [0.2, 0.25) is 0 Å². The lowest BCUT2D eigenvalue weighted by Gasteiger charge is -1.96. The Balaban J connectivity index is -0.000000239. The van der Waals surface area contributed by atoms with E-state index in [1.165, 1.54) is 0 Å². The lowest BCUT2D eigenvalue weighted by molar-refractivity contribution is 1.50. The average molecular weight is 232 g/mol. The molecule has 0 saturated carbocycles. The highest BCUT2D eigenvalue weighted by Crippen LogP contribution is 2.10. The van der Waals surface area contributed by atoms with Gasteiger partial charge in [-0.15, -0.1) is 6.58 Å². The maximum atomic E-state index is 3.69. The largest absolute Gasteiger partial charge is 0.103 e. The summed E-state index contributed by atoms with van der Waals surface area (Å²) < 4.78 is 0. The lowest BCUT2D eigenvalue weighted by Crippen LogP contribution is -1.76. The summed E-state index contributed by atoms with van der Waals surface area (Å²) in [5.74, 6) is 0. The minimum absolute atomic E-state index is 1.14. The van der Waals surface area contributed by atoms with Gasteiger partial charge in [0.05, 0.1) is 0 Å². The van der Waals surface area contributed by atoms with E-state index in [1.54, 1.807) is 6.08 Å². The maximum absolute atomic E-state index is 3.69. The van der Waals surface area contributed by atoms with E-state index >= 15 is 0 Å². The van der Waals surface area contributed by atoms with Crippen LogP contribution < -0.4 is 0 Å². The average Bonchev–Trinajstić information content (AvgIpc) is 2.44.